The molecular weight excluding hydrogens is 172 g/mol. The third-order valence-corrected chi connectivity index (χ3v) is 2.01. The van der Waals surface area contributed by atoms with Gasteiger partial charge in [0.25, 0.3) is 0 Å². The molecule has 66 valence electrons. The van der Waals surface area contributed by atoms with Gasteiger partial charge in [0.15, 0.2) is 0 Å². The fourth-order valence-electron chi connectivity index (χ4n) is 1.01. The monoisotopic (exact) mass is 184 g/mol. The first kappa shape index (κ1) is 9.33. The highest BCUT2D eigenvalue weighted by molar-refractivity contribution is 6.15. The average Bonchev–Trinajstić information content (AvgIpc) is 2.43. The zero-order chi connectivity index (χ0) is 8.97. The summed E-state index contributed by atoms with van der Waals surface area (Å²) in [6.07, 6.45) is 6.70. The minimum Gasteiger partial charge on any atom is -0.245 e. The van der Waals surface area contributed by atoms with Crippen LogP contribution in [0.4, 0.5) is 0 Å². The quantitative estimate of drug-likeness (QED) is 0.704. The first-order chi connectivity index (χ1) is 5.77. The van der Waals surface area contributed by atoms with E-state index in [0.717, 1.165) is 30.8 Å². The molecule has 1 rings (SSSR count). The van der Waals surface area contributed by atoms with Crippen molar-refractivity contribution in [3.8, 4) is 0 Å². The molecule has 0 saturated carbocycles. The minimum atomic E-state index is 0.844. The molecule has 1 aromatic heterocycles. The Morgan fingerprint density at radius 3 is 3.00 bits per heavy atom. The molecule has 3 heteroatoms. The van der Waals surface area contributed by atoms with Crippen molar-refractivity contribution in [2.45, 2.75) is 26.2 Å². The molecule has 1 aromatic rings. The van der Waals surface area contributed by atoms with E-state index in [1.807, 2.05) is 0 Å². The van der Waals surface area contributed by atoms with Gasteiger partial charge in [0.2, 0.25) is 0 Å². The van der Waals surface area contributed by atoms with E-state index < -0.39 is 0 Å². The number of aromatic nitrogens is 2. The number of rotatable bonds is 4. The van der Waals surface area contributed by atoms with Crippen LogP contribution in [0.15, 0.2) is 12.8 Å². The smallest absolute Gasteiger partial charge is 0.124 e. The highest BCUT2D eigenvalue weighted by atomic mass is 35.5. The van der Waals surface area contributed by atoms with Crippen LogP contribution >= 0.6 is 11.8 Å². The number of nitrogens with zero attached hydrogens (tertiary/aromatic N) is 2. The van der Waals surface area contributed by atoms with E-state index in [0.29, 0.717) is 0 Å². The Morgan fingerprint density at radius 1 is 1.75 bits per heavy atom. The van der Waals surface area contributed by atoms with Gasteiger partial charge in [-0.3, -0.25) is 0 Å². The first-order valence-corrected chi connectivity index (χ1v) is 4.48. The van der Waals surface area contributed by atoms with Crippen LogP contribution in [0, 0.1) is 0 Å². The van der Waals surface area contributed by atoms with Gasteiger partial charge >= 0.3 is 0 Å². The molecule has 0 fully saturated rings. The Morgan fingerprint density at radius 2 is 2.50 bits per heavy atom. The van der Waals surface area contributed by atoms with Gasteiger partial charge in [-0.1, -0.05) is 19.9 Å². The molecule has 0 aliphatic carbocycles. The molecule has 0 atom stereocenters. The summed E-state index contributed by atoms with van der Waals surface area (Å²) in [7, 11) is 0. The number of hydrogen-bond acceptors (Lipinski definition) is 1. The molecule has 0 aliphatic rings. The molecule has 0 bridgehead atoms. The maximum Gasteiger partial charge on any atom is 0.124 e. The predicted molar refractivity (Wildman–Crippen MR) is 52.2 cm³/mol. The van der Waals surface area contributed by atoms with Crippen molar-refractivity contribution >= 4 is 17.9 Å². The van der Waals surface area contributed by atoms with Crippen LogP contribution < -0.4 is 0 Å². The van der Waals surface area contributed by atoms with Gasteiger partial charge in [0.1, 0.15) is 5.82 Å². The number of hydrogen-bond donors (Lipinski definition) is 0. The molecule has 0 saturated heterocycles. The fraction of sp³-hybridized carbons (Fsp3) is 0.444. The summed E-state index contributed by atoms with van der Waals surface area (Å²) >= 11 is 5.87. The number of unbranched alkanes of at least 4 members (excludes halogenated alkanes) is 1. The first-order valence-electron chi connectivity index (χ1n) is 4.14. The lowest BCUT2D eigenvalue weighted by atomic mass is 10.2. The van der Waals surface area contributed by atoms with E-state index in [4.69, 9.17) is 11.8 Å². The zero-order valence-electron chi connectivity index (χ0n) is 7.26. The standard InChI is InChI=1S/C9H13ClN2/c1-3-5-6-9-11-8(4-2)7-12(9)10/h4,7H,2-3,5-6H2,1H3. The number of aryl methyl sites for hydroxylation is 1. The lowest BCUT2D eigenvalue weighted by Crippen LogP contribution is -1.92. The van der Waals surface area contributed by atoms with E-state index in [-0.39, 0.29) is 0 Å². The van der Waals surface area contributed by atoms with Crippen LogP contribution in [0.5, 0.6) is 0 Å². The molecule has 1 heterocycles. The van der Waals surface area contributed by atoms with Crippen molar-refractivity contribution in [1.29, 1.82) is 0 Å². The lowest BCUT2D eigenvalue weighted by Gasteiger charge is -1.95. The van der Waals surface area contributed by atoms with E-state index in [2.05, 4.69) is 18.5 Å². The Hall–Kier alpha value is -0.760. The second kappa shape index (κ2) is 4.31. The molecule has 0 N–H and O–H groups in total. The molecule has 0 radical (unpaired) electrons. The highest BCUT2D eigenvalue weighted by Crippen LogP contribution is 2.09. The Labute approximate surface area is 78.0 Å². The number of halogens is 1. The SMILES string of the molecule is C=Cc1cn(Cl)c(CCCC)n1. The summed E-state index contributed by atoms with van der Waals surface area (Å²) in [4.78, 5) is 4.28. The zero-order valence-corrected chi connectivity index (χ0v) is 8.01. The van der Waals surface area contributed by atoms with Gasteiger partial charge in [0.05, 0.1) is 5.69 Å². The third-order valence-electron chi connectivity index (χ3n) is 1.71. The summed E-state index contributed by atoms with van der Waals surface area (Å²) in [6, 6.07) is 0. The molecule has 12 heavy (non-hydrogen) atoms. The van der Waals surface area contributed by atoms with Gasteiger partial charge < -0.3 is 0 Å². The second-order valence-corrected chi connectivity index (χ2v) is 3.07. The highest BCUT2D eigenvalue weighted by Gasteiger charge is 2.02. The Bertz CT molecular complexity index is 265. The van der Waals surface area contributed by atoms with Gasteiger partial charge in [0, 0.05) is 24.4 Å². The second-order valence-electron chi connectivity index (χ2n) is 2.70. The van der Waals surface area contributed by atoms with Crippen molar-refractivity contribution in [3.05, 3.63) is 24.3 Å². The van der Waals surface area contributed by atoms with Crippen LogP contribution in [-0.4, -0.2) is 9.07 Å². The molecular formula is C9H13ClN2. The summed E-state index contributed by atoms with van der Waals surface area (Å²) in [6.45, 7) is 5.78. The largest absolute Gasteiger partial charge is 0.245 e. The van der Waals surface area contributed by atoms with Crippen molar-refractivity contribution in [2.24, 2.45) is 0 Å². The molecule has 0 amide bonds. The summed E-state index contributed by atoms with van der Waals surface area (Å²) in [5.74, 6) is 0.924. The van der Waals surface area contributed by atoms with Crippen LogP contribution in [0.25, 0.3) is 6.08 Å². The summed E-state index contributed by atoms with van der Waals surface area (Å²) in [5.41, 5.74) is 0.844. The Kier molecular flexibility index (Phi) is 3.35. The van der Waals surface area contributed by atoms with Gasteiger partial charge in [-0.25, -0.2) is 9.07 Å². The lowest BCUT2D eigenvalue weighted by molar-refractivity contribution is 0.753. The van der Waals surface area contributed by atoms with Crippen molar-refractivity contribution in [3.63, 3.8) is 0 Å². The Balaban J connectivity index is 2.70. The molecule has 0 spiro atoms. The fourth-order valence-corrected chi connectivity index (χ4v) is 1.23. The maximum atomic E-state index is 5.87. The van der Waals surface area contributed by atoms with Crippen LogP contribution in [0.2, 0.25) is 0 Å². The van der Waals surface area contributed by atoms with Gasteiger partial charge in [-0.2, -0.15) is 0 Å². The summed E-state index contributed by atoms with van der Waals surface area (Å²) in [5, 5.41) is 0. The third kappa shape index (κ3) is 2.11. The average molecular weight is 185 g/mol. The van der Waals surface area contributed by atoms with E-state index >= 15 is 0 Å². The van der Waals surface area contributed by atoms with Crippen molar-refractivity contribution in [2.75, 3.05) is 0 Å². The molecule has 0 aromatic carbocycles. The van der Waals surface area contributed by atoms with Gasteiger partial charge in [-0.05, 0) is 12.5 Å². The normalized spacial score (nSPS) is 10.2. The van der Waals surface area contributed by atoms with Crippen molar-refractivity contribution in [1.82, 2.24) is 9.07 Å². The molecule has 2 nitrogen and oxygen atoms in total. The predicted octanol–water partition coefficient (Wildman–Crippen LogP) is 2.87. The van der Waals surface area contributed by atoms with Crippen LogP contribution in [0.1, 0.15) is 31.3 Å². The van der Waals surface area contributed by atoms with Crippen molar-refractivity contribution < 1.29 is 0 Å². The summed E-state index contributed by atoms with van der Waals surface area (Å²) < 4.78 is 1.55. The topological polar surface area (TPSA) is 17.8 Å². The minimum absolute atomic E-state index is 0.844. The van der Waals surface area contributed by atoms with E-state index in [1.54, 1.807) is 16.4 Å². The maximum absolute atomic E-state index is 5.87. The number of imidazole rings is 1. The van der Waals surface area contributed by atoms with Crippen LogP contribution in [-0.2, 0) is 6.42 Å². The van der Waals surface area contributed by atoms with Gasteiger partial charge in [-0.15, -0.1) is 0 Å². The van der Waals surface area contributed by atoms with E-state index in [9.17, 15) is 0 Å². The van der Waals surface area contributed by atoms with E-state index in [1.165, 1.54) is 0 Å². The molecule has 0 aliphatic heterocycles. The van der Waals surface area contributed by atoms with Crippen LogP contribution in [0.3, 0.4) is 0 Å². The molecule has 0 unspecified atom stereocenters.